The summed E-state index contributed by atoms with van der Waals surface area (Å²) in [5, 5.41) is 8.16. The van der Waals surface area contributed by atoms with Gasteiger partial charge in [-0.3, -0.25) is 4.99 Å². The van der Waals surface area contributed by atoms with E-state index in [4.69, 9.17) is 10.8 Å². The summed E-state index contributed by atoms with van der Waals surface area (Å²) in [6.07, 6.45) is -3.21. The predicted molar refractivity (Wildman–Crippen MR) is 83.6 cm³/mol. The third-order valence-electron chi connectivity index (χ3n) is 2.95. The van der Waals surface area contributed by atoms with Gasteiger partial charge >= 0.3 is 6.18 Å². The van der Waals surface area contributed by atoms with Gasteiger partial charge in [-0.25, -0.2) is 8.70 Å². The maximum atomic E-state index is 13.5. The fourth-order valence-electron chi connectivity index (χ4n) is 1.95. The first-order valence-corrected chi connectivity index (χ1v) is 7.73. The molecule has 2 atom stereocenters. The third-order valence-corrected chi connectivity index (χ3v) is 4.28. The number of nitrogens with zero attached hydrogens (tertiary/aromatic N) is 2. The zero-order chi connectivity index (χ0) is 17.5. The Morgan fingerprint density at radius 3 is 2.39 bits per heavy atom. The van der Waals surface area contributed by atoms with Gasteiger partial charge in [0.05, 0.1) is 5.25 Å². The lowest BCUT2D eigenvalue weighted by atomic mass is 10.1. The van der Waals surface area contributed by atoms with Crippen LogP contribution in [0.1, 0.15) is 18.5 Å². The molecule has 1 aromatic carbocycles. The molecule has 1 aromatic rings. The first kappa shape index (κ1) is 19.9. The lowest BCUT2D eigenvalue weighted by Gasteiger charge is -2.33. The van der Waals surface area contributed by atoms with Crippen molar-refractivity contribution in [1.82, 2.24) is 4.31 Å². The SMILES string of the molecule is CCN(SC(C=NCO)CN)C(c1ccc(F)cc1)C(F)(F)F. The highest BCUT2D eigenvalue weighted by atomic mass is 32.2. The van der Waals surface area contributed by atoms with Crippen molar-refractivity contribution >= 4 is 18.2 Å². The van der Waals surface area contributed by atoms with Crippen LogP contribution in [-0.4, -0.2) is 46.9 Å². The fourth-order valence-corrected chi connectivity index (χ4v) is 3.04. The molecule has 130 valence electrons. The average molecular weight is 353 g/mol. The van der Waals surface area contributed by atoms with Crippen LogP contribution in [0.4, 0.5) is 17.6 Å². The van der Waals surface area contributed by atoms with Crippen molar-refractivity contribution in [3.8, 4) is 0 Å². The molecule has 0 spiro atoms. The second kappa shape index (κ2) is 9.21. The second-order valence-corrected chi connectivity index (χ2v) is 5.87. The lowest BCUT2D eigenvalue weighted by Crippen LogP contribution is -2.37. The lowest BCUT2D eigenvalue weighted by molar-refractivity contribution is -0.172. The van der Waals surface area contributed by atoms with Gasteiger partial charge in [0, 0.05) is 19.3 Å². The highest BCUT2D eigenvalue weighted by Crippen LogP contribution is 2.41. The van der Waals surface area contributed by atoms with Gasteiger partial charge in [-0.1, -0.05) is 31.0 Å². The Labute approximate surface area is 136 Å². The van der Waals surface area contributed by atoms with Gasteiger partial charge in [-0.15, -0.1) is 0 Å². The van der Waals surface area contributed by atoms with Gasteiger partial charge in [0.2, 0.25) is 0 Å². The smallest absolute Gasteiger partial charge is 0.375 e. The monoisotopic (exact) mass is 353 g/mol. The molecule has 0 fully saturated rings. The van der Waals surface area contributed by atoms with Gasteiger partial charge in [-0.05, 0) is 17.7 Å². The molecular formula is C14H19F4N3OS. The summed E-state index contributed by atoms with van der Waals surface area (Å²) in [6.45, 7) is 1.30. The Morgan fingerprint density at radius 2 is 1.96 bits per heavy atom. The number of benzene rings is 1. The number of halogens is 4. The van der Waals surface area contributed by atoms with Crippen LogP contribution in [0.5, 0.6) is 0 Å². The van der Waals surface area contributed by atoms with E-state index in [0.717, 1.165) is 40.5 Å². The number of hydrogen-bond donors (Lipinski definition) is 2. The topological polar surface area (TPSA) is 61.8 Å². The molecule has 0 aromatic heterocycles. The normalized spacial score (nSPS) is 15.3. The number of hydrogen-bond acceptors (Lipinski definition) is 5. The molecule has 0 aliphatic rings. The summed E-state index contributed by atoms with van der Waals surface area (Å²) in [5.74, 6) is -0.597. The number of rotatable bonds is 8. The van der Waals surface area contributed by atoms with E-state index in [-0.39, 0.29) is 18.7 Å². The highest BCUT2D eigenvalue weighted by molar-refractivity contribution is 7.98. The summed E-state index contributed by atoms with van der Waals surface area (Å²) in [5.41, 5.74) is 5.48. The van der Waals surface area contributed by atoms with Crippen molar-refractivity contribution in [2.75, 3.05) is 19.8 Å². The molecule has 0 saturated heterocycles. The van der Waals surface area contributed by atoms with Gasteiger partial charge in [0.1, 0.15) is 18.6 Å². The molecule has 0 bridgehead atoms. The zero-order valence-corrected chi connectivity index (χ0v) is 13.3. The summed E-state index contributed by atoms with van der Waals surface area (Å²) < 4.78 is 54.6. The van der Waals surface area contributed by atoms with E-state index in [1.807, 2.05) is 0 Å². The molecule has 1 rings (SSSR count). The summed E-state index contributed by atoms with van der Waals surface area (Å²) in [6, 6.07) is 2.35. The first-order chi connectivity index (χ1) is 10.8. The Kier molecular flexibility index (Phi) is 7.97. The van der Waals surface area contributed by atoms with Gasteiger partial charge in [0.15, 0.2) is 0 Å². The highest BCUT2D eigenvalue weighted by Gasteiger charge is 2.45. The molecule has 0 aliphatic heterocycles. The fraction of sp³-hybridized carbons (Fsp3) is 0.500. The van der Waals surface area contributed by atoms with Crippen LogP contribution >= 0.6 is 11.9 Å². The zero-order valence-electron chi connectivity index (χ0n) is 12.5. The third kappa shape index (κ3) is 6.09. The molecule has 23 heavy (non-hydrogen) atoms. The average Bonchev–Trinajstić information content (AvgIpc) is 2.50. The molecule has 9 heteroatoms. The summed E-state index contributed by atoms with van der Waals surface area (Å²) in [7, 11) is 0. The second-order valence-electron chi connectivity index (χ2n) is 4.58. The van der Waals surface area contributed by atoms with Crippen LogP contribution in [0.25, 0.3) is 0 Å². The van der Waals surface area contributed by atoms with Crippen LogP contribution in [0.3, 0.4) is 0 Å². The number of aliphatic hydroxyl groups is 1. The molecule has 0 aliphatic carbocycles. The van der Waals surface area contributed by atoms with Gasteiger partial charge in [-0.2, -0.15) is 13.2 Å². The van der Waals surface area contributed by atoms with E-state index in [1.165, 1.54) is 6.21 Å². The van der Waals surface area contributed by atoms with E-state index in [9.17, 15) is 17.6 Å². The van der Waals surface area contributed by atoms with Crippen LogP contribution in [-0.2, 0) is 0 Å². The molecule has 0 saturated carbocycles. The number of alkyl halides is 3. The van der Waals surface area contributed by atoms with E-state index < -0.39 is 30.0 Å². The van der Waals surface area contributed by atoms with E-state index in [0.29, 0.717) is 0 Å². The quantitative estimate of drug-likeness (QED) is 0.429. The van der Waals surface area contributed by atoms with Crippen LogP contribution in [0.15, 0.2) is 29.3 Å². The van der Waals surface area contributed by atoms with Crippen molar-refractivity contribution in [2.45, 2.75) is 24.4 Å². The number of aliphatic imine (C=N–C) groups is 1. The standard InChI is InChI=1S/C14H19F4N3OS/c1-2-21(23-12(7-19)8-20-9-22)13(14(16,17)18)10-3-5-11(15)6-4-10/h3-6,8,12-13,22H,2,7,9,19H2,1H3. The maximum absolute atomic E-state index is 13.5. The minimum Gasteiger partial charge on any atom is -0.375 e. The van der Waals surface area contributed by atoms with Crippen molar-refractivity contribution in [2.24, 2.45) is 10.7 Å². The van der Waals surface area contributed by atoms with Crippen LogP contribution in [0.2, 0.25) is 0 Å². The van der Waals surface area contributed by atoms with Crippen LogP contribution < -0.4 is 5.73 Å². The Morgan fingerprint density at radius 1 is 1.35 bits per heavy atom. The molecule has 0 amide bonds. The van der Waals surface area contributed by atoms with E-state index in [2.05, 4.69) is 4.99 Å². The molecule has 2 unspecified atom stereocenters. The Hall–Kier alpha value is -1.16. The number of nitrogens with two attached hydrogens (primary N) is 1. The van der Waals surface area contributed by atoms with Crippen molar-refractivity contribution in [3.05, 3.63) is 35.6 Å². The molecular weight excluding hydrogens is 334 g/mol. The van der Waals surface area contributed by atoms with Crippen molar-refractivity contribution in [1.29, 1.82) is 0 Å². The van der Waals surface area contributed by atoms with Gasteiger partial charge in [0.25, 0.3) is 0 Å². The molecule has 3 N–H and O–H groups in total. The Bertz CT molecular complexity index is 496. The number of aliphatic hydroxyl groups excluding tert-OH is 1. The van der Waals surface area contributed by atoms with E-state index >= 15 is 0 Å². The first-order valence-electron chi connectivity index (χ1n) is 6.89. The molecule has 4 nitrogen and oxygen atoms in total. The van der Waals surface area contributed by atoms with Crippen molar-refractivity contribution in [3.63, 3.8) is 0 Å². The van der Waals surface area contributed by atoms with Gasteiger partial charge < -0.3 is 10.8 Å². The summed E-state index contributed by atoms with van der Waals surface area (Å²) in [4.78, 5) is 3.61. The van der Waals surface area contributed by atoms with Crippen molar-refractivity contribution < 1.29 is 22.7 Å². The maximum Gasteiger partial charge on any atom is 0.408 e. The van der Waals surface area contributed by atoms with Crippen LogP contribution in [0, 0.1) is 5.82 Å². The predicted octanol–water partition coefficient (Wildman–Crippen LogP) is 2.75. The summed E-state index contributed by atoms with van der Waals surface area (Å²) >= 11 is 0.898. The molecule has 0 radical (unpaired) electrons. The minimum absolute atomic E-state index is 0.0527. The largest absolute Gasteiger partial charge is 0.408 e. The molecule has 0 heterocycles. The minimum atomic E-state index is -4.53. The Balaban J connectivity index is 3.07. The van der Waals surface area contributed by atoms with E-state index in [1.54, 1.807) is 6.92 Å².